The van der Waals surface area contributed by atoms with Gasteiger partial charge in [0.25, 0.3) is 5.91 Å². The van der Waals surface area contributed by atoms with Crippen molar-refractivity contribution in [2.45, 2.75) is 31.7 Å². The van der Waals surface area contributed by atoms with Gasteiger partial charge in [-0.1, -0.05) is 12.5 Å². The van der Waals surface area contributed by atoms with E-state index in [1.54, 1.807) is 0 Å². The Morgan fingerprint density at radius 1 is 1.32 bits per heavy atom. The first-order valence-corrected chi connectivity index (χ1v) is 8.06. The normalized spacial score (nSPS) is 21.0. The van der Waals surface area contributed by atoms with Crippen LogP contribution in [0.4, 0.5) is 5.69 Å². The predicted octanol–water partition coefficient (Wildman–Crippen LogP) is 2.84. The minimum Gasteiger partial charge on any atom is -0.492 e. The first-order valence-electron chi connectivity index (χ1n) is 8.06. The van der Waals surface area contributed by atoms with Gasteiger partial charge in [0.1, 0.15) is 12.4 Å². The van der Waals surface area contributed by atoms with Crippen molar-refractivity contribution in [2.24, 2.45) is 0 Å². The molecule has 0 radical (unpaired) electrons. The van der Waals surface area contributed by atoms with Gasteiger partial charge in [0.2, 0.25) is 0 Å². The number of likely N-dealkylation sites (N-methyl/N-ethyl adjacent to an activating group) is 1. The molecule has 1 unspecified atom stereocenters. The molecule has 1 atom stereocenters. The largest absolute Gasteiger partial charge is 0.492 e. The number of ether oxygens (including phenoxy) is 1. The van der Waals surface area contributed by atoms with Gasteiger partial charge in [0, 0.05) is 24.4 Å². The zero-order valence-corrected chi connectivity index (χ0v) is 13.4. The van der Waals surface area contributed by atoms with Crippen LogP contribution in [-0.4, -0.2) is 44.1 Å². The fraction of sp³-hybridized carbons (Fsp3) is 0.500. The summed E-state index contributed by atoms with van der Waals surface area (Å²) in [6.07, 6.45) is 6.38. The molecule has 0 saturated heterocycles. The van der Waals surface area contributed by atoms with Crippen LogP contribution in [0.3, 0.4) is 0 Å². The van der Waals surface area contributed by atoms with Crippen LogP contribution in [0.2, 0.25) is 0 Å². The summed E-state index contributed by atoms with van der Waals surface area (Å²) in [6.45, 7) is 1.53. The third kappa shape index (κ3) is 3.17. The van der Waals surface area contributed by atoms with Crippen molar-refractivity contribution in [1.82, 2.24) is 4.90 Å². The van der Waals surface area contributed by atoms with Crippen LogP contribution in [0, 0.1) is 0 Å². The highest BCUT2D eigenvalue weighted by Crippen LogP contribution is 2.36. The number of rotatable bonds is 5. The van der Waals surface area contributed by atoms with E-state index in [1.807, 2.05) is 49.3 Å². The molecule has 118 valence electrons. The molecule has 2 aliphatic rings. The number of hydrogen-bond donors (Lipinski definition) is 0. The van der Waals surface area contributed by atoms with Gasteiger partial charge in [-0.05, 0) is 51.1 Å². The maximum atomic E-state index is 12.4. The number of carbonyl (C=O) groups is 1. The molecule has 1 aromatic carbocycles. The summed E-state index contributed by atoms with van der Waals surface area (Å²) in [5.74, 6) is 0.948. The lowest BCUT2D eigenvalue weighted by molar-refractivity contribution is -0.113. The van der Waals surface area contributed by atoms with Crippen LogP contribution >= 0.6 is 0 Å². The highest BCUT2D eigenvalue weighted by molar-refractivity contribution is 6.06. The molecule has 1 aliphatic carbocycles. The first-order chi connectivity index (χ1) is 10.6. The van der Waals surface area contributed by atoms with Gasteiger partial charge in [-0.15, -0.1) is 0 Å². The first kappa shape index (κ1) is 15.1. The Kier molecular flexibility index (Phi) is 4.48. The molecule has 4 heteroatoms. The number of nitrogens with zero attached hydrogens (tertiary/aromatic N) is 2. The predicted molar refractivity (Wildman–Crippen MR) is 88.3 cm³/mol. The van der Waals surface area contributed by atoms with Crippen molar-refractivity contribution in [1.29, 1.82) is 0 Å². The van der Waals surface area contributed by atoms with Crippen molar-refractivity contribution >= 4 is 11.6 Å². The second-order valence-corrected chi connectivity index (χ2v) is 6.34. The summed E-state index contributed by atoms with van der Waals surface area (Å²) in [6, 6.07) is 8.17. The molecule has 1 fully saturated rings. The molecule has 0 spiro atoms. The molecule has 4 nitrogen and oxygen atoms in total. The van der Waals surface area contributed by atoms with Crippen LogP contribution < -0.4 is 9.64 Å². The summed E-state index contributed by atoms with van der Waals surface area (Å²) in [5, 5.41) is 0. The topological polar surface area (TPSA) is 32.8 Å². The van der Waals surface area contributed by atoms with Crippen LogP contribution in [0.15, 0.2) is 35.9 Å². The second kappa shape index (κ2) is 6.53. The monoisotopic (exact) mass is 300 g/mol. The molecule has 22 heavy (non-hydrogen) atoms. The van der Waals surface area contributed by atoms with Gasteiger partial charge < -0.3 is 14.5 Å². The van der Waals surface area contributed by atoms with E-state index in [0.29, 0.717) is 6.61 Å². The zero-order chi connectivity index (χ0) is 15.5. The van der Waals surface area contributed by atoms with Crippen LogP contribution in [0.1, 0.15) is 25.7 Å². The quantitative estimate of drug-likeness (QED) is 0.838. The molecule has 1 aliphatic heterocycles. The Balaban J connectivity index is 1.73. The van der Waals surface area contributed by atoms with Gasteiger partial charge >= 0.3 is 0 Å². The number of anilines is 1. The Bertz CT molecular complexity index is 580. The third-order valence-corrected chi connectivity index (χ3v) is 4.38. The number of benzene rings is 1. The summed E-state index contributed by atoms with van der Waals surface area (Å²) < 4.78 is 5.79. The smallest absolute Gasteiger partial charge is 0.251 e. The van der Waals surface area contributed by atoms with E-state index in [2.05, 4.69) is 4.90 Å². The van der Waals surface area contributed by atoms with E-state index in [0.717, 1.165) is 30.8 Å². The SMILES string of the molecule is CN(C)CCOc1cccc(N2C(=O)C=C3CCCCC32)c1. The Morgan fingerprint density at radius 3 is 3.00 bits per heavy atom. The minimum atomic E-state index is 0.118. The molecular formula is C18H24N2O2. The minimum absolute atomic E-state index is 0.118. The van der Waals surface area contributed by atoms with Gasteiger partial charge in [-0.3, -0.25) is 4.79 Å². The van der Waals surface area contributed by atoms with Crippen LogP contribution in [-0.2, 0) is 4.79 Å². The van der Waals surface area contributed by atoms with Crippen molar-refractivity contribution in [2.75, 3.05) is 32.1 Å². The van der Waals surface area contributed by atoms with Crippen LogP contribution in [0.5, 0.6) is 5.75 Å². The Hall–Kier alpha value is -1.81. The Morgan fingerprint density at radius 2 is 2.18 bits per heavy atom. The lowest BCUT2D eigenvalue weighted by atomic mass is 9.91. The third-order valence-electron chi connectivity index (χ3n) is 4.38. The molecule has 1 heterocycles. The molecule has 0 bridgehead atoms. The molecule has 0 aromatic heterocycles. The van der Waals surface area contributed by atoms with Crippen molar-refractivity contribution in [3.8, 4) is 5.75 Å². The number of hydrogen-bond acceptors (Lipinski definition) is 3. The fourth-order valence-electron chi connectivity index (χ4n) is 3.24. The number of carbonyl (C=O) groups excluding carboxylic acids is 1. The van der Waals surface area contributed by atoms with E-state index in [1.165, 1.54) is 18.4 Å². The standard InChI is InChI=1S/C18H24N2O2/c1-19(2)10-11-22-16-8-5-7-15(13-16)20-17-9-4-3-6-14(17)12-18(20)21/h5,7-8,12-13,17H,3-4,6,9-11H2,1-2H3. The fourth-order valence-corrected chi connectivity index (χ4v) is 3.24. The summed E-state index contributed by atoms with van der Waals surface area (Å²) in [5.41, 5.74) is 2.25. The van der Waals surface area contributed by atoms with Crippen molar-refractivity contribution in [3.63, 3.8) is 0 Å². The second-order valence-electron chi connectivity index (χ2n) is 6.34. The number of amides is 1. The van der Waals surface area contributed by atoms with E-state index >= 15 is 0 Å². The van der Waals surface area contributed by atoms with Crippen LogP contribution in [0.25, 0.3) is 0 Å². The average molecular weight is 300 g/mol. The molecule has 1 saturated carbocycles. The highest BCUT2D eigenvalue weighted by atomic mass is 16.5. The van der Waals surface area contributed by atoms with Crippen molar-refractivity contribution < 1.29 is 9.53 Å². The summed E-state index contributed by atoms with van der Waals surface area (Å²) >= 11 is 0. The maximum Gasteiger partial charge on any atom is 0.251 e. The van der Waals surface area contributed by atoms with Gasteiger partial charge in [-0.2, -0.15) is 0 Å². The summed E-state index contributed by atoms with van der Waals surface area (Å²) in [4.78, 5) is 16.4. The van der Waals surface area contributed by atoms with E-state index in [9.17, 15) is 4.79 Å². The van der Waals surface area contributed by atoms with Gasteiger partial charge in [-0.25, -0.2) is 0 Å². The lowest BCUT2D eigenvalue weighted by Gasteiger charge is -2.30. The maximum absolute atomic E-state index is 12.4. The Labute approximate surface area is 132 Å². The zero-order valence-electron chi connectivity index (χ0n) is 13.4. The highest BCUT2D eigenvalue weighted by Gasteiger charge is 2.35. The molecular weight excluding hydrogens is 276 g/mol. The van der Waals surface area contributed by atoms with Gasteiger partial charge in [0.15, 0.2) is 0 Å². The molecule has 3 rings (SSSR count). The molecule has 0 N–H and O–H groups in total. The van der Waals surface area contributed by atoms with E-state index in [-0.39, 0.29) is 11.9 Å². The average Bonchev–Trinajstić information content (AvgIpc) is 2.83. The molecule has 1 aromatic rings. The van der Waals surface area contributed by atoms with Gasteiger partial charge in [0.05, 0.1) is 6.04 Å². The number of fused-ring (bicyclic) bond motifs is 1. The lowest BCUT2D eigenvalue weighted by Crippen LogP contribution is -2.36. The van der Waals surface area contributed by atoms with E-state index in [4.69, 9.17) is 4.74 Å². The van der Waals surface area contributed by atoms with Crippen molar-refractivity contribution in [3.05, 3.63) is 35.9 Å². The van der Waals surface area contributed by atoms with E-state index < -0.39 is 0 Å². The summed E-state index contributed by atoms with van der Waals surface area (Å²) in [7, 11) is 4.05. The molecule has 1 amide bonds.